The molecule has 2 aromatic carbocycles. The van der Waals surface area contributed by atoms with Crippen LogP contribution in [0.4, 0.5) is 4.79 Å². The van der Waals surface area contributed by atoms with Gasteiger partial charge in [-0.2, -0.15) is 0 Å². The van der Waals surface area contributed by atoms with Crippen LogP contribution in [-0.2, 0) is 10.3 Å². The monoisotopic (exact) mass is 563 g/mol. The summed E-state index contributed by atoms with van der Waals surface area (Å²) in [5.41, 5.74) is 3.29. The van der Waals surface area contributed by atoms with Crippen molar-refractivity contribution in [1.82, 2.24) is 29.7 Å². The van der Waals surface area contributed by atoms with Gasteiger partial charge in [0, 0.05) is 52.2 Å². The van der Waals surface area contributed by atoms with Gasteiger partial charge in [0.1, 0.15) is 17.0 Å². The van der Waals surface area contributed by atoms with Crippen LogP contribution >= 0.6 is 0 Å². The van der Waals surface area contributed by atoms with Crippen LogP contribution in [0.5, 0.6) is 0 Å². The molecule has 2 aromatic heterocycles. The number of nitrogens with zero attached hydrogens (tertiary/aromatic N) is 5. The summed E-state index contributed by atoms with van der Waals surface area (Å²) in [5, 5.41) is 2.99. The van der Waals surface area contributed by atoms with Crippen molar-refractivity contribution >= 4 is 23.0 Å². The van der Waals surface area contributed by atoms with Crippen molar-refractivity contribution in [2.45, 2.75) is 69.7 Å². The maximum Gasteiger partial charge on any atom is 0.408 e. The van der Waals surface area contributed by atoms with Crippen molar-refractivity contribution in [3.8, 4) is 23.5 Å². The number of imidazole rings is 1. The lowest BCUT2D eigenvalue weighted by atomic mass is 9.76. The SMILES string of the molecule is [2H]C([2H])([2H])N1C(=O)c2cccc(C#C)c2[C@H]2C[C@@H]1c1nc3ccc(-c4cnc(C5(NC(=O)OC(C)(C)C)CCC5)nc4)cc3n12. The molecule has 3 aliphatic rings. The van der Waals surface area contributed by atoms with Crippen LogP contribution < -0.4 is 5.32 Å². The average Bonchev–Trinajstić information content (AvgIpc) is 3.46. The topological polar surface area (TPSA) is 102 Å². The molecule has 212 valence electrons. The molecule has 4 heterocycles. The van der Waals surface area contributed by atoms with Crippen molar-refractivity contribution < 1.29 is 18.4 Å². The largest absolute Gasteiger partial charge is 0.444 e. The minimum Gasteiger partial charge on any atom is -0.444 e. The number of hydrogen-bond acceptors (Lipinski definition) is 6. The van der Waals surface area contributed by atoms with Crippen molar-refractivity contribution in [3.05, 3.63) is 77.1 Å². The van der Waals surface area contributed by atoms with E-state index in [4.69, 9.17) is 20.3 Å². The quantitative estimate of drug-likeness (QED) is 0.331. The summed E-state index contributed by atoms with van der Waals surface area (Å²) in [7, 11) is 0. The number of amides is 2. The van der Waals surface area contributed by atoms with Gasteiger partial charge in [0.25, 0.3) is 5.91 Å². The second-order valence-corrected chi connectivity index (χ2v) is 12.3. The highest BCUT2D eigenvalue weighted by Crippen LogP contribution is 2.48. The van der Waals surface area contributed by atoms with Gasteiger partial charge in [-0.05, 0) is 69.9 Å². The number of hydrogen-bond donors (Lipinski definition) is 1. The molecule has 7 rings (SSSR count). The van der Waals surface area contributed by atoms with Gasteiger partial charge in [-0.15, -0.1) is 6.42 Å². The van der Waals surface area contributed by atoms with Crippen molar-refractivity contribution in [2.75, 3.05) is 6.98 Å². The number of aromatic nitrogens is 4. The van der Waals surface area contributed by atoms with Crippen molar-refractivity contribution in [1.29, 1.82) is 0 Å². The van der Waals surface area contributed by atoms with Crippen LogP contribution in [0.25, 0.3) is 22.2 Å². The predicted molar refractivity (Wildman–Crippen MR) is 158 cm³/mol. The number of terminal acetylenes is 1. The molecule has 1 fully saturated rings. The van der Waals surface area contributed by atoms with Crippen LogP contribution in [0.2, 0.25) is 0 Å². The molecule has 0 radical (unpaired) electrons. The third kappa shape index (κ3) is 3.97. The lowest BCUT2D eigenvalue weighted by Gasteiger charge is -2.41. The molecular formula is C33H32N6O3. The summed E-state index contributed by atoms with van der Waals surface area (Å²) < 4.78 is 32.2. The van der Waals surface area contributed by atoms with E-state index in [1.54, 1.807) is 30.6 Å². The number of rotatable bonds is 3. The fourth-order valence-corrected chi connectivity index (χ4v) is 6.41. The van der Waals surface area contributed by atoms with E-state index in [1.165, 1.54) is 0 Å². The molecule has 1 saturated carbocycles. The van der Waals surface area contributed by atoms with Crippen LogP contribution in [0.15, 0.2) is 48.8 Å². The molecule has 0 unspecified atom stereocenters. The molecule has 4 aromatic rings. The van der Waals surface area contributed by atoms with Crippen molar-refractivity contribution in [2.24, 2.45) is 0 Å². The normalized spacial score (nSPS) is 21.6. The summed E-state index contributed by atoms with van der Waals surface area (Å²) in [4.78, 5) is 41.4. The molecule has 1 N–H and O–H groups in total. The Morgan fingerprint density at radius 3 is 2.62 bits per heavy atom. The molecule has 2 atom stereocenters. The first-order valence-corrected chi connectivity index (χ1v) is 14.1. The second kappa shape index (κ2) is 9.15. The Kier molecular flexibility index (Phi) is 4.99. The summed E-state index contributed by atoms with van der Waals surface area (Å²) in [6.45, 7) is 2.79. The molecule has 2 bridgehead atoms. The van der Waals surface area contributed by atoms with Gasteiger partial charge in [-0.3, -0.25) is 4.79 Å². The summed E-state index contributed by atoms with van der Waals surface area (Å²) in [5.74, 6) is 3.18. The van der Waals surface area contributed by atoms with E-state index in [0.29, 0.717) is 40.3 Å². The van der Waals surface area contributed by atoms with Gasteiger partial charge in [-0.25, -0.2) is 19.7 Å². The minimum absolute atomic E-state index is 0.298. The first-order valence-electron chi connectivity index (χ1n) is 15.6. The highest BCUT2D eigenvalue weighted by Gasteiger charge is 2.45. The summed E-state index contributed by atoms with van der Waals surface area (Å²) in [6, 6.07) is 9.77. The predicted octanol–water partition coefficient (Wildman–Crippen LogP) is 5.50. The number of nitrogens with one attached hydrogen (secondary N) is 1. The van der Waals surface area contributed by atoms with Gasteiger partial charge >= 0.3 is 6.09 Å². The summed E-state index contributed by atoms with van der Waals surface area (Å²) >= 11 is 0. The highest BCUT2D eigenvalue weighted by molar-refractivity contribution is 5.98. The van der Waals surface area contributed by atoms with Crippen LogP contribution in [-0.4, -0.2) is 49.0 Å². The Labute approximate surface area is 248 Å². The Hall–Kier alpha value is -4.71. The van der Waals surface area contributed by atoms with Crippen molar-refractivity contribution in [3.63, 3.8) is 0 Å². The lowest BCUT2D eigenvalue weighted by Crippen LogP contribution is -2.53. The smallest absolute Gasteiger partial charge is 0.408 e. The van der Waals surface area contributed by atoms with Crippen LogP contribution in [0.1, 0.15) is 95.8 Å². The zero-order valence-electron chi connectivity index (χ0n) is 26.6. The zero-order valence-corrected chi connectivity index (χ0v) is 23.6. The molecule has 42 heavy (non-hydrogen) atoms. The van der Waals surface area contributed by atoms with E-state index in [2.05, 4.69) is 21.2 Å². The number of benzene rings is 2. The standard InChI is InChI=1S/C33H32N6O3/c1-6-19-9-7-10-22-27(19)25-16-26(38(5)29(22)40)28-36-23-12-11-20(15-24(23)39(25)28)21-17-34-30(35-18-21)33(13-8-14-33)37-31(41)42-32(2,3)4/h1,7,9-12,15,17-18,25-26H,8,13-14,16H2,2-5H3,(H,37,41)/t25-,26-/m1/s1/i5D3. The van der Waals surface area contributed by atoms with Gasteiger partial charge in [0.2, 0.25) is 0 Å². The van der Waals surface area contributed by atoms with Gasteiger partial charge in [-0.1, -0.05) is 18.1 Å². The van der Waals surface area contributed by atoms with Crippen LogP contribution in [0.3, 0.4) is 0 Å². The number of carbonyl (C=O) groups excluding carboxylic acids is 2. The maximum absolute atomic E-state index is 13.7. The van der Waals surface area contributed by atoms with E-state index in [9.17, 15) is 9.59 Å². The van der Waals surface area contributed by atoms with Gasteiger partial charge in [0.15, 0.2) is 5.82 Å². The summed E-state index contributed by atoms with van der Waals surface area (Å²) in [6.07, 6.45) is 11.6. The molecule has 2 aliphatic heterocycles. The Bertz CT molecular complexity index is 1920. The first-order chi connectivity index (χ1) is 21.3. The fourth-order valence-electron chi connectivity index (χ4n) is 6.41. The molecule has 1 aliphatic carbocycles. The highest BCUT2D eigenvalue weighted by atomic mass is 16.6. The fraction of sp³-hybridized carbons (Fsp3) is 0.364. The Morgan fingerprint density at radius 1 is 1.17 bits per heavy atom. The van der Waals surface area contributed by atoms with Gasteiger partial charge < -0.3 is 19.5 Å². The van der Waals surface area contributed by atoms with Gasteiger partial charge in [0.05, 0.1) is 23.1 Å². The average molecular weight is 564 g/mol. The van der Waals surface area contributed by atoms with Crippen LogP contribution in [0, 0.1) is 12.3 Å². The number of carbonyl (C=O) groups is 2. The maximum atomic E-state index is 13.7. The number of ether oxygens (including phenoxy) is 1. The van der Waals surface area contributed by atoms with E-state index in [0.717, 1.165) is 40.8 Å². The first kappa shape index (κ1) is 22.9. The Balaban J connectivity index is 1.28. The van der Waals surface area contributed by atoms with E-state index < -0.39 is 36.2 Å². The zero-order chi connectivity index (χ0) is 31.9. The molecule has 2 amide bonds. The Morgan fingerprint density at radius 2 is 1.95 bits per heavy atom. The molecule has 0 spiro atoms. The third-order valence-electron chi connectivity index (χ3n) is 8.49. The molecule has 9 nitrogen and oxygen atoms in total. The second-order valence-electron chi connectivity index (χ2n) is 12.3. The van der Waals surface area contributed by atoms with E-state index in [1.807, 2.05) is 43.5 Å². The van der Waals surface area contributed by atoms with E-state index in [-0.39, 0.29) is 6.04 Å². The molecule has 0 saturated heterocycles. The number of alkyl carbamates (subject to hydrolysis) is 1. The third-order valence-corrected chi connectivity index (χ3v) is 8.49. The molecular weight excluding hydrogens is 528 g/mol. The minimum atomic E-state index is -2.67. The molecule has 9 heteroatoms. The number of fused-ring (bicyclic) bond motifs is 9. The lowest BCUT2D eigenvalue weighted by molar-refractivity contribution is 0.0364. The van der Waals surface area contributed by atoms with E-state index >= 15 is 0 Å².